The highest BCUT2D eigenvalue weighted by molar-refractivity contribution is 5.87. The summed E-state index contributed by atoms with van der Waals surface area (Å²) in [7, 11) is 0. The molecule has 1 heterocycles. The van der Waals surface area contributed by atoms with Gasteiger partial charge in [-0.15, -0.1) is 0 Å². The number of halogens is 3. The third-order valence-electron chi connectivity index (χ3n) is 3.47. The number of alkyl halides is 3. The van der Waals surface area contributed by atoms with E-state index >= 15 is 0 Å². The predicted molar refractivity (Wildman–Crippen MR) is 90.8 cm³/mol. The molecule has 0 aliphatic rings. The molecule has 2 aromatic carbocycles. The lowest BCUT2D eigenvalue weighted by Gasteiger charge is -2.13. The average molecular weight is 358 g/mol. The predicted octanol–water partition coefficient (Wildman–Crippen LogP) is 5.38. The fourth-order valence-electron chi connectivity index (χ4n) is 2.31. The number of amides is 1. The minimum absolute atomic E-state index is 0.0208. The van der Waals surface area contributed by atoms with Crippen molar-refractivity contribution in [2.24, 2.45) is 0 Å². The second kappa shape index (κ2) is 7.26. The van der Waals surface area contributed by atoms with Crippen LogP contribution >= 0.6 is 0 Å². The van der Waals surface area contributed by atoms with Gasteiger partial charge in [-0.05, 0) is 53.6 Å². The number of carbonyl (C=O) groups excluding carboxylic acids is 1. The topological polar surface area (TPSA) is 51.2 Å². The number of hydrogen-bond donors (Lipinski definition) is 1. The van der Waals surface area contributed by atoms with Crippen LogP contribution in [0.2, 0.25) is 0 Å². The number of ether oxygens (including phenoxy) is 1. The second-order valence-electron chi connectivity index (χ2n) is 5.36. The first-order valence-electron chi connectivity index (χ1n) is 7.58. The van der Waals surface area contributed by atoms with Crippen molar-refractivity contribution in [1.82, 2.24) is 4.98 Å². The molecule has 0 saturated heterocycles. The minimum Gasteiger partial charge on any atom is -0.410 e. The highest BCUT2D eigenvalue weighted by Gasteiger charge is 2.31. The molecule has 7 heteroatoms. The van der Waals surface area contributed by atoms with Crippen molar-refractivity contribution in [2.45, 2.75) is 6.18 Å². The summed E-state index contributed by atoms with van der Waals surface area (Å²) in [4.78, 5) is 15.8. The van der Waals surface area contributed by atoms with Crippen LogP contribution in [0.3, 0.4) is 0 Å². The summed E-state index contributed by atoms with van der Waals surface area (Å²) in [6.07, 6.45) is -2.47. The van der Waals surface area contributed by atoms with Crippen LogP contribution in [0, 0.1) is 0 Å². The number of para-hydroxylation sites is 1. The van der Waals surface area contributed by atoms with E-state index in [4.69, 9.17) is 4.74 Å². The molecule has 0 aliphatic heterocycles. The maximum Gasteiger partial charge on any atom is 0.417 e. The molecule has 0 radical (unpaired) electrons. The van der Waals surface area contributed by atoms with E-state index in [2.05, 4.69) is 10.3 Å². The first-order valence-corrected chi connectivity index (χ1v) is 7.58. The molecular formula is C19H13F3N2O2. The Balaban J connectivity index is 1.89. The summed E-state index contributed by atoms with van der Waals surface area (Å²) >= 11 is 0. The molecule has 0 aliphatic carbocycles. The fourth-order valence-corrected chi connectivity index (χ4v) is 2.31. The average Bonchev–Trinajstić information content (AvgIpc) is 2.62. The van der Waals surface area contributed by atoms with Gasteiger partial charge in [-0.1, -0.05) is 18.2 Å². The Morgan fingerprint density at radius 3 is 2.27 bits per heavy atom. The molecular weight excluding hydrogens is 345 g/mol. The molecule has 0 unspecified atom stereocenters. The largest absolute Gasteiger partial charge is 0.417 e. The number of rotatable bonds is 3. The van der Waals surface area contributed by atoms with E-state index in [1.165, 1.54) is 18.5 Å². The van der Waals surface area contributed by atoms with Crippen LogP contribution in [0.25, 0.3) is 11.1 Å². The van der Waals surface area contributed by atoms with Gasteiger partial charge in [-0.3, -0.25) is 10.3 Å². The van der Waals surface area contributed by atoms with E-state index in [9.17, 15) is 18.0 Å². The Morgan fingerprint density at radius 2 is 1.62 bits per heavy atom. The smallest absolute Gasteiger partial charge is 0.410 e. The summed E-state index contributed by atoms with van der Waals surface area (Å²) in [5.74, 6) is 0.284. The third kappa shape index (κ3) is 4.38. The molecule has 4 nitrogen and oxygen atoms in total. The monoisotopic (exact) mass is 358 g/mol. The van der Waals surface area contributed by atoms with Gasteiger partial charge in [0.2, 0.25) is 0 Å². The first kappa shape index (κ1) is 17.5. The van der Waals surface area contributed by atoms with Crippen molar-refractivity contribution < 1.29 is 22.7 Å². The molecule has 0 atom stereocenters. The highest BCUT2D eigenvalue weighted by Crippen LogP contribution is 2.34. The van der Waals surface area contributed by atoms with Gasteiger partial charge < -0.3 is 4.74 Å². The van der Waals surface area contributed by atoms with E-state index in [-0.39, 0.29) is 11.4 Å². The molecule has 0 saturated carbocycles. The maximum atomic E-state index is 13.2. The van der Waals surface area contributed by atoms with Gasteiger partial charge in [0.15, 0.2) is 0 Å². The minimum atomic E-state index is -4.55. The van der Waals surface area contributed by atoms with Gasteiger partial charge in [0.05, 0.1) is 5.56 Å². The zero-order valence-electron chi connectivity index (χ0n) is 13.3. The van der Waals surface area contributed by atoms with Crippen LogP contribution < -0.4 is 10.1 Å². The van der Waals surface area contributed by atoms with Crippen LogP contribution in [-0.4, -0.2) is 11.1 Å². The molecule has 1 N–H and O–H groups in total. The number of pyridine rings is 1. The van der Waals surface area contributed by atoms with Gasteiger partial charge >= 0.3 is 12.3 Å². The van der Waals surface area contributed by atoms with Crippen molar-refractivity contribution in [3.63, 3.8) is 0 Å². The molecule has 26 heavy (non-hydrogen) atoms. The Bertz CT molecular complexity index is 898. The van der Waals surface area contributed by atoms with Gasteiger partial charge in [-0.2, -0.15) is 13.2 Å². The normalized spacial score (nSPS) is 11.0. The van der Waals surface area contributed by atoms with Crippen LogP contribution in [0.5, 0.6) is 5.75 Å². The summed E-state index contributed by atoms with van der Waals surface area (Å²) in [5.41, 5.74) is -0.0443. The van der Waals surface area contributed by atoms with Crippen molar-refractivity contribution in [2.75, 3.05) is 5.32 Å². The zero-order valence-corrected chi connectivity index (χ0v) is 13.3. The number of aromatic nitrogens is 1. The van der Waals surface area contributed by atoms with E-state index in [0.29, 0.717) is 11.1 Å². The standard InChI is InChI=1S/C19H13F3N2O2/c20-19(21,22)15-10-14(13-6-8-23-9-7-13)11-16(12-15)24-18(25)26-17-4-2-1-3-5-17/h1-12H,(H,24,25). The van der Waals surface area contributed by atoms with Crippen molar-refractivity contribution >= 4 is 11.8 Å². The van der Waals surface area contributed by atoms with Gasteiger partial charge in [0.1, 0.15) is 5.75 Å². The van der Waals surface area contributed by atoms with Crippen molar-refractivity contribution in [3.8, 4) is 16.9 Å². The lowest BCUT2D eigenvalue weighted by Crippen LogP contribution is -2.17. The van der Waals surface area contributed by atoms with E-state index in [0.717, 1.165) is 12.1 Å². The Morgan fingerprint density at radius 1 is 0.923 bits per heavy atom. The highest BCUT2D eigenvalue weighted by atomic mass is 19.4. The van der Waals surface area contributed by atoms with Gasteiger partial charge in [-0.25, -0.2) is 4.79 Å². The molecule has 132 valence electrons. The van der Waals surface area contributed by atoms with Gasteiger partial charge in [0, 0.05) is 18.1 Å². The number of benzene rings is 2. The van der Waals surface area contributed by atoms with Crippen LogP contribution in [0.1, 0.15) is 5.56 Å². The molecule has 0 fully saturated rings. The number of carbonyl (C=O) groups is 1. The van der Waals surface area contributed by atoms with Crippen molar-refractivity contribution in [3.05, 3.63) is 78.6 Å². The zero-order chi connectivity index (χ0) is 18.6. The summed E-state index contributed by atoms with van der Waals surface area (Å²) in [5, 5.41) is 2.34. The molecule has 3 aromatic rings. The second-order valence-corrected chi connectivity index (χ2v) is 5.36. The van der Waals surface area contributed by atoms with E-state index in [1.54, 1.807) is 42.5 Å². The summed E-state index contributed by atoms with van der Waals surface area (Å²) < 4.78 is 44.6. The number of nitrogens with one attached hydrogen (secondary N) is 1. The van der Waals surface area contributed by atoms with Crippen molar-refractivity contribution in [1.29, 1.82) is 0 Å². The quantitative estimate of drug-likeness (QED) is 0.684. The fraction of sp³-hybridized carbons (Fsp3) is 0.0526. The van der Waals surface area contributed by atoms with Crippen LogP contribution in [0.4, 0.5) is 23.7 Å². The Kier molecular flexibility index (Phi) is 4.88. The molecule has 1 amide bonds. The number of anilines is 1. The first-order chi connectivity index (χ1) is 12.4. The van der Waals surface area contributed by atoms with E-state index < -0.39 is 17.8 Å². The lowest BCUT2D eigenvalue weighted by molar-refractivity contribution is -0.137. The summed E-state index contributed by atoms with van der Waals surface area (Å²) in [6.45, 7) is 0. The van der Waals surface area contributed by atoms with Gasteiger partial charge in [0.25, 0.3) is 0 Å². The molecule has 1 aromatic heterocycles. The maximum absolute atomic E-state index is 13.2. The molecule has 0 spiro atoms. The lowest BCUT2D eigenvalue weighted by atomic mass is 10.0. The molecule has 0 bridgehead atoms. The van der Waals surface area contributed by atoms with Crippen LogP contribution in [0.15, 0.2) is 73.1 Å². The third-order valence-corrected chi connectivity index (χ3v) is 3.47. The Hall–Kier alpha value is -3.35. The Labute approximate surface area is 147 Å². The number of hydrogen-bond acceptors (Lipinski definition) is 3. The SMILES string of the molecule is O=C(Nc1cc(-c2ccncc2)cc(C(F)(F)F)c1)Oc1ccccc1. The summed E-state index contributed by atoms with van der Waals surface area (Å²) in [6, 6.07) is 14.7. The number of nitrogens with zero attached hydrogens (tertiary/aromatic N) is 1. The van der Waals surface area contributed by atoms with E-state index in [1.807, 2.05) is 0 Å². The van der Waals surface area contributed by atoms with Crippen LogP contribution in [-0.2, 0) is 6.18 Å². The molecule has 3 rings (SSSR count).